The Morgan fingerprint density at radius 1 is 1.32 bits per heavy atom. The molecule has 1 aromatic carbocycles. The maximum atomic E-state index is 11.7. The van der Waals surface area contributed by atoms with E-state index < -0.39 is 5.92 Å². The second kappa shape index (κ2) is 7.53. The van der Waals surface area contributed by atoms with Crippen LogP contribution in [0.25, 0.3) is 0 Å². The van der Waals surface area contributed by atoms with Gasteiger partial charge in [0.1, 0.15) is 0 Å². The van der Waals surface area contributed by atoms with Gasteiger partial charge in [-0.25, -0.2) is 0 Å². The lowest BCUT2D eigenvalue weighted by Crippen LogP contribution is -2.35. The number of hydrogen-bond donors (Lipinski definition) is 2. The molecule has 5 heteroatoms. The number of methoxy groups -OCH3 is 1. The van der Waals surface area contributed by atoms with Crippen LogP contribution >= 0.6 is 0 Å². The Morgan fingerprint density at radius 2 is 1.95 bits per heavy atom. The van der Waals surface area contributed by atoms with Gasteiger partial charge in [0.05, 0.1) is 13.0 Å². The third-order valence-electron chi connectivity index (χ3n) is 2.70. The molecule has 2 unspecified atom stereocenters. The predicted octanol–water partition coefficient (Wildman–Crippen LogP) is 0.797. The summed E-state index contributed by atoms with van der Waals surface area (Å²) in [6.07, 6.45) is 0.239. The Labute approximate surface area is 113 Å². The standard InChI is InChI=1S/C14H20N2O3/c1-10(15)8-13(17)16-9-12(14(18)19-2)11-6-4-3-5-7-11/h3-7,10,12H,8-9,15H2,1-2H3,(H,16,17). The third-order valence-corrected chi connectivity index (χ3v) is 2.70. The minimum Gasteiger partial charge on any atom is -0.468 e. The zero-order valence-electron chi connectivity index (χ0n) is 11.3. The fourth-order valence-electron chi connectivity index (χ4n) is 1.75. The summed E-state index contributed by atoms with van der Waals surface area (Å²) in [6.45, 7) is 1.97. The molecular weight excluding hydrogens is 244 g/mol. The SMILES string of the molecule is COC(=O)C(CNC(=O)CC(C)N)c1ccccc1. The summed E-state index contributed by atoms with van der Waals surface area (Å²) in [5.74, 6) is -1.03. The summed E-state index contributed by atoms with van der Waals surface area (Å²) in [7, 11) is 1.34. The van der Waals surface area contributed by atoms with Crippen molar-refractivity contribution in [2.45, 2.75) is 25.3 Å². The van der Waals surface area contributed by atoms with E-state index in [0.29, 0.717) is 0 Å². The fraction of sp³-hybridized carbons (Fsp3) is 0.429. The average molecular weight is 264 g/mol. The Hall–Kier alpha value is -1.88. The first-order valence-corrected chi connectivity index (χ1v) is 6.19. The van der Waals surface area contributed by atoms with Crippen molar-refractivity contribution in [3.05, 3.63) is 35.9 Å². The molecule has 0 aliphatic heterocycles. The third kappa shape index (κ3) is 5.09. The van der Waals surface area contributed by atoms with Crippen molar-refractivity contribution in [3.63, 3.8) is 0 Å². The first-order valence-electron chi connectivity index (χ1n) is 6.19. The monoisotopic (exact) mass is 264 g/mol. The Kier molecular flexibility index (Phi) is 6.02. The van der Waals surface area contributed by atoms with Crippen molar-refractivity contribution in [2.24, 2.45) is 5.73 Å². The van der Waals surface area contributed by atoms with Gasteiger partial charge in [-0.2, -0.15) is 0 Å². The molecule has 0 aliphatic rings. The van der Waals surface area contributed by atoms with Crippen molar-refractivity contribution < 1.29 is 14.3 Å². The van der Waals surface area contributed by atoms with E-state index in [1.54, 1.807) is 6.92 Å². The predicted molar refractivity (Wildman–Crippen MR) is 72.5 cm³/mol. The van der Waals surface area contributed by atoms with Crippen molar-refractivity contribution >= 4 is 11.9 Å². The normalized spacial score (nSPS) is 13.4. The number of nitrogens with two attached hydrogens (primary N) is 1. The van der Waals surface area contributed by atoms with E-state index >= 15 is 0 Å². The van der Waals surface area contributed by atoms with Crippen LogP contribution in [-0.4, -0.2) is 31.6 Å². The van der Waals surface area contributed by atoms with Gasteiger partial charge in [-0.1, -0.05) is 30.3 Å². The highest BCUT2D eigenvalue weighted by Gasteiger charge is 2.21. The number of carbonyl (C=O) groups excluding carboxylic acids is 2. The summed E-state index contributed by atoms with van der Waals surface area (Å²) < 4.78 is 4.77. The number of esters is 1. The molecule has 1 amide bonds. The summed E-state index contributed by atoms with van der Waals surface area (Å²) in [5, 5.41) is 2.71. The second-order valence-corrected chi connectivity index (χ2v) is 4.47. The Balaban J connectivity index is 2.67. The van der Waals surface area contributed by atoms with Crippen LogP contribution in [0.5, 0.6) is 0 Å². The van der Waals surface area contributed by atoms with Crippen LogP contribution in [0.2, 0.25) is 0 Å². The highest BCUT2D eigenvalue weighted by Crippen LogP contribution is 2.16. The van der Waals surface area contributed by atoms with Gasteiger partial charge >= 0.3 is 5.97 Å². The molecule has 0 bridgehead atoms. The number of amides is 1. The second-order valence-electron chi connectivity index (χ2n) is 4.47. The number of hydrogen-bond acceptors (Lipinski definition) is 4. The highest BCUT2D eigenvalue weighted by molar-refractivity contribution is 5.81. The van der Waals surface area contributed by atoms with E-state index in [4.69, 9.17) is 10.5 Å². The molecule has 104 valence electrons. The van der Waals surface area contributed by atoms with Crippen LogP contribution in [-0.2, 0) is 14.3 Å². The molecule has 1 rings (SSSR count). The quantitative estimate of drug-likeness (QED) is 0.745. The van der Waals surface area contributed by atoms with Gasteiger partial charge in [-0.3, -0.25) is 9.59 Å². The Bertz CT molecular complexity index is 418. The fourth-order valence-corrected chi connectivity index (χ4v) is 1.75. The molecule has 0 aliphatic carbocycles. The summed E-state index contributed by atoms with van der Waals surface area (Å²) in [6, 6.07) is 9.02. The molecule has 0 aromatic heterocycles. The van der Waals surface area contributed by atoms with E-state index in [-0.39, 0.29) is 30.9 Å². The summed E-state index contributed by atoms with van der Waals surface area (Å²) in [5.41, 5.74) is 6.36. The molecule has 0 fully saturated rings. The summed E-state index contributed by atoms with van der Waals surface area (Å²) >= 11 is 0. The van der Waals surface area contributed by atoms with Crippen LogP contribution < -0.4 is 11.1 Å². The zero-order chi connectivity index (χ0) is 14.3. The lowest BCUT2D eigenvalue weighted by atomic mass is 9.99. The maximum absolute atomic E-state index is 11.7. The van der Waals surface area contributed by atoms with Crippen molar-refractivity contribution in [3.8, 4) is 0 Å². The van der Waals surface area contributed by atoms with Gasteiger partial charge in [0.25, 0.3) is 0 Å². The molecule has 0 saturated heterocycles. The molecule has 0 heterocycles. The molecule has 1 aromatic rings. The largest absolute Gasteiger partial charge is 0.468 e. The molecule has 0 saturated carbocycles. The molecule has 0 radical (unpaired) electrons. The van der Waals surface area contributed by atoms with Gasteiger partial charge in [-0.05, 0) is 12.5 Å². The van der Waals surface area contributed by atoms with Crippen molar-refractivity contribution in [1.82, 2.24) is 5.32 Å². The zero-order valence-corrected chi connectivity index (χ0v) is 11.3. The van der Waals surface area contributed by atoms with Gasteiger partial charge < -0.3 is 15.8 Å². The lowest BCUT2D eigenvalue weighted by molar-refractivity contribution is -0.142. The molecule has 5 nitrogen and oxygen atoms in total. The van der Waals surface area contributed by atoms with Crippen LogP contribution in [0.4, 0.5) is 0 Å². The summed E-state index contributed by atoms with van der Waals surface area (Å²) in [4.78, 5) is 23.3. The number of rotatable bonds is 6. The van der Waals surface area contributed by atoms with Gasteiger partial charge in [-0.15, -0.1) is 0 Å². The highest BCUT2D eigenvalue weighted by atomic mass is 16.5. The van der Waals surface area contributed by atoms with Crippen LogP contribution in [0, 0.1) is 0 Å². The van der Waals surface area contributed by atoms with E-state index in [2.05, 4.69) is 5.32 Å². The first-order chi connectivity index (χ1) is 9.04. The number of nitrogens with one attached hydrogen (secondary N) is 1. The van der Waals surface area contributed by atoms with E-state index in [1.165, 1.54) is 7.11 Å². The van der Waals surface area contributed by atoms with Gasteiger partial charge in [0.15, 0.2) is 0 Å². The first kappa shape index (κ1) is 15.2. The smallest absolute Gasteiger partial charge is 0.314 e. The minimum absolute atomic E-state index is 0.167. The minimum atomic E-state index is -0.497. The Morgan fingerprint density at radius 3 is 2.47 bits per heavy atom. The molecule has 0 spiro atoms. The van der Waals surface area contributed by atoms with Gasteiger partial charge in [0.2, 0.25) is 5.91 Å². The number of benzene rings is 1. The topological polar surface area (TPSA) is 81.4 Å². The number of carbonyl (C=O) groups is 2. The van der Waals surface area contributed by atoms with E-state index in [9.17, 15) is 9.59 Å². The van der Waals surface area contributed by atoms with E-state index in [0.717, 1.165) is 5.56 Å². The van der Waals surface area contributed by atoms with Crippen LogP contribution in [0.3, 0.4) is 0 Å². The maximum Gasteiger partial charge on any atom is 0.314 e. The van der Waals surface area contributed by atoms with Crippen LogP contribution in [0.15, 0.2) is 30.3 Å². The number of ether oxygens (including phenoxy) is 1. The molecule has 3 N–H and O–H groups in total. The molecule has 19 heavy (non-hydrogen) atoms. The van der Waals surface area contributed by atoms with Crippen molar-refractivity contribution in [1.29, 1.82) is 0 Å². The van der Waals surface area contributed by atoms with Crippen LogP contribution in [0.1, 0.15) is 24.8 Å². The molecular formula is C14H20N2O3. The average Bonchev–Trinajstić information content (AvgIpc) is 2.39. The lowest BCUT2D eigenvalue weighted by Gasteiger charge is -2.16. The van der Waals surface area contributed by atoms with E-state index in [1.807, 2.05) is 30.3 Å². The van der Waals surface area contributed by atoms with Crippen molar-refractivity contribution in [2.75, 3.05) is 13.7 Å². The van der Waals surface area contributed by atoms with Gasteiger partial charge in [0, 0.05) is 19.0 Å². The molecule has 2 atom stereocenters.